The zero-order chi connectivity index (χ0) is 81.5. The van der Waals surface area contributed by atoms with Crippen molar-refractivity contribution >= 4 is 45.1 Å². The highest BCUT2D eigenvalue weighted by molar-refractivity contribution is 7.89. The van der Waals surface area contributed by atoms with Gasteiger partial charge in [0.05, 0.1) is 342 Å². The number of hydrogen-bond acceptors (Lipinski definition) is 31. The number of amides is 1. The molecule has 3 aromatic rings. The van der Waals surface area contributed by atoms with Gasteiger partial charge in [-0.3, -0.25) is 4.79 Å². The van der Waals surface area contributed by atoms with Crippen molar-refractivity contribution in [3.05, 3.63) is 75.8 Å². The van der Waals surface area contributed by atoms with Gasteiger partial charge < -0.3 is 139 Å². The summed E-state index contributed by atoms with van der Waals surface area (Å²) in [7, 11) is -1.06. The molecule has 4 N–H and O–H groups in total. The normalized spacial score (nSPS) is 13.5. The Balaban J connectivity index is 0.788. The molecule has 0 aromatic heterocycles. The third-order valence-corrected chi connectivity index (χ3v) is 18.2. The van der Waals surface area contributed by atoms with Crippen LogP contribution in [0.25, 0.3) is 11.1 Å². The number of methoxy groups -OCH3 is 2. The quantitative estimate of drug-likeness (QED) is 0.0655. The van der Waals surface area contributed by atoms with Gasteiger partial charge in [0.15, 0.2) is 0 Å². The second-order valence-corrected chi connectivity index (χ2v) is 27.2. The van der Waals surface area contributed by atoms with Gasteiger partial charge in [-0.1, -0.05) is 47.5 Å². The number of nitrogens with zero attached hydrogens (tertiary/aromatic N) is 1. The molecule has 3 aromatic carbocycles. The van der Waals surface area contributed by atoms with Gasteiger partial charge in [-0.2, -0.15) is 4.31 Å². The lowest BCUT2D eigenvalue weighted by Gasteiger charge is -2.25. The van der Waals surface area contributed by atoms with Crippen LogP contribution < -0.4 is 20.5 Å². The Morgan fingerprint density at radius 3 is 0.921 bits per heavy atom. The summed E-state index contributed by atoms with van der Waals surface area (Å²) in [4.78, 5) is 25.7. The number of carboxylic acid groups (broad SMARTS) is 1. The van der Waals surface area contributed by atoms with Crippen LogP contribution in [0.15, 0.2) is 59.5 Å². The van der Waals surface area contributed by atoms with E-state index in [1.165, 1.54) is 18.2 Å². The third kappa shape index (κ3) is 51.9. The molecule has 0 spiro atoms. The molecule has 4 rings (SSSR count). The highest BCUT2D eigenvalue weighted by Crippen LogP contribution is 2.40. The fourth-order valence-corrected chi connectivity index (χ4v) is 12.7. The van der Waals surface area contributed by atoms with E-state index < -0.39 is 34.0 Å². The van der Waals surface area contributed by atoms with E-state index in [-0.39, 0.29) is 40.9 Å². The average molecular weight is 1690 g/mol. The van der Waals surface area contributed by atoms with E-state index in [1.54, 1.807) is 38.5 Å². The molecule has 1 amide bonds. The van der Waals surface area contributed by atoms with Crippen LogP contribution in [0.3, 0.4) is 0 Å². The lowest BCUT2D eigenvalue weighted by atomic mass is 9.98. The van der Waals surface area contributed by atoms with Crippen molar-refractivity contribution in [2.75, 3.05) is 338 Å². The summed E-state index contributed by atoms with van der Waals surface area (Å²) < 4.78 is 173. The largest absolute Gasteiger partial charge is 0.496 e. The number of rotatable bonds is 83. The topological polar surface area (TPSA) is 370 Å². The minimum absolute atomic E-state index is 0.0638. The van der Waals surface area contributed by atoms with Crippen LogP contribution >= 0.6 is 23.2 Å². The van der Waals surface area contributed by atoms with Crippen molar-refractivity contribution < 1.29 is 146 Å². The van der Waals surface area contributed by atoms with Crippen LogP contribution in [-0.2, 0) is 146 Å². The molecule has 1 saturated heterocycles. The second-order valence-electron chi connectivity index (χ2n) is 24.5. The summed E-state index contributed by atoms with van der Waals surface area (Å²) >= 11 is 12.1. The van der Waals surface area contributed by atoms with Crippen LogP contribution in [-0.4, -0.2) is 380 Å². The molecule has 1 aliphatic rings. The van der Waals surface area contributed by atoms with Gasteiger partial charge in [-0.05, 0) is 59.9 Å². The van der Waals surface area contributed by atoms with Crippen LogP contribution in [0.1, 0.15) is 24.0 Å². The number of carbonyl (C=O) groups excluding carboxylic acids is 1. The molecule has 656 valence electrons. The molecule has 1 aliphatic heterocycles. The van der Waals surface area contributed by atoms with E-state index in [0.717, 1.165) is 15.4 Å². The van der Waals surface area contributed by atoms with Crippen molar-refractivity contribution in [2.45, 2.75) is 42.8 Å². The molecule has 2 atom stereocenters. The first-order valence-electron chi connectivity index (χ1n) is 38.9. The van der Waals surface area contributed by atoms with E-state index in [9.17, 15) is 23.1 Å². The molecule has 1 fully saturated rings. The number of halogens is 2. The van der Waals surface area contributed by atoms with Gasteiger partial charge in [0.2, 0.25) is 15.9 Å². The number of hydrogen-bond donors (Lipinski definition) is 3. The third-order valence-electron chi connectivity index (χ3n) is 15.9. The van der Waals surface area contributed by atoms with Gasteiger partial charge in [0.1, 0.15) is 23.6 Å². The first-order valence-corrected chi connectivity index (χ1v) is 41.1. The summed E-state index contributed by atoms with van der Waals surface area (Å²) in [6, 6.07) is 12.3. The lowest BCUT2D eigenvalue weighted by molar-refractivity contribution is -0.142. The number of carbonyl (C=O) groups is 2. The van der Waals surface area contributed by atoms with Gasteiger partial charge in [-0.25, -0.2) is 13.2 Å². The molecule has 1 heterocycles. The molecule has 34 nitrogen and oxygen atoms in total. The van der Waals surface area contributed by atoms with E-state index >= 15 is 0 Å². The predicted octanol–water partition coefficient (Wildman–Crippen LogP) is 4.50. The summed E-state index contributed by atoms with van der Waals surface area (Å²) in [5.74, 6) is -0.921. The number of nitrogens with one attached hydrogen (secondary N) is 1. The van der Waals surface area contributed by atoms with Crippen LogP contribution in [0.2, 0.25) is 10.0 Å². The summed E-state index contributed by atoms with van der Waals surface area (Å²) in [6.45, 7) is 22.8. The maximum Gasteiger partial charge on any atom is 0.326 e. The van der Waals surface area contributed by atoms with Gasteiger partial charge in [0.25, 0.3) is 0 Å². The molecule has 0 saturated carbocycles. The fraction of sp³-hybridized carbons (Fsp3) is 0.740. The highest BCUT2D eigenvalue weighted by atomic mass is 35.5. The molecular weight excluding hydrogens is 1570 g/mol. The van der Waals surface area contributed by atoms with Crippen LogP contribution in [0.4, 0.5) is 0 Å². The van der Waals surface area contributed by atoms with Crippen LogP contribution in [0, 0.1) is 0 Å². The zero-order valence-electron chi connectivity index (χ0n) is 66.7. The Kier molecular flexibility index (Phi) is 64.1. The fourth-order valence-electron chi connectivity index (χ4n) is 10.3. The van der Waals surface area contributed by atoms with Crippen molar-refractivity contribution in [3.8, 4) is 22.6 Å². The number of benzene rings is 3. The second kappa shape index (κ2) is 71.6. The number of aliphatic carboxylic acids is 1. The summed E-state index contributed by atoms with van der Waals surface area (Å²) in [6.07, 6.45) is 0.558. The van der Waals surface area contributed by atoms with Gasteiger partial charge >= 0.3 is 5.97 Å². The first-order chi connectivity index (χ1) is 56.0. The van der Waals surface area contributed by atoms with Gasteiger partial charge in [-0.15, -0.1) is 0 Å². The number of sulfonamides is 1. The monoisotopic (exact) mass is 1690 g/mol. The number of nitrogens with two attached hydrogens (primary N) is 1. The van der Waals surface area contributed by atoms with E-state index in [1.807, 2.05) is 12.1 Å². The standard InChI is InChI=1S/C77H127Cl2N3O31S/c1-88-73-59-66(60-74(89-2)75(73)67-7-5-65(6-8-67)58-71(77(84)85)81-76(83)72-4-3-10-82(72)114(86,87)70-62-68(78)61-69(79)63-70)64-113-57-56-112-55-54-111-53-52-110-51-50-109-49-48-108-47-46-107-45-44-106-43-42-105-41-40-104-39-38-103-37-36-102-35-34-101-33-32-100-31-30-99-29-28-98-27-26-97-25-24-96-23-22-95-21-20-94-19-18-93-17-16-92-15-14-91-13-12-90-11-9-80/h5-8,59-63,71-72H,3-4,9-58,64,80H2,1-2H3,(H,81,83)(H,84,85)/t71-,72-/m0/s1. The zero-order valence-corrected chi connectivity index (χ0v) is 69.0. The van der Waals surface area contributed by atoms with Crippen molar-refractivity contribution in [1.82, 2.24) is 9.62 Å². The Hall–Kier alpha value is -4.31. The summed E-state index contributed by atoms with van der Waals surface area (Å²) in [5.41, 5.74) is 8.19. The smallest absolute Gasteiger partial charge is 0.326 e. The molecule has 0 bridgehead atoms. The molecule has 0 aliphatic carbocycles. The maximum atomic E-state index is 13.5. The van der Waals surface area contributed by atoms with Crippen LogP contribution in [0.5, 0.6) is 11.5 Å². The highest BCUT2D eigenvalue weighted by Gasteiger charge is 2.41. The van der Waals surface area contributed by atoms with Gasteiger partial charge in [0, 0.05) is 29.6 Å². The minimum atomic E-state index is -4.17. The molecule has 114 heavy (non-hydrogen) atoms. The minimum Gasteiger partial charge on any atom is -0.496 e. The lowest BCUT2D eigenvalue weighted by Crippen LogP contribution is -2.51. The first kappa shape index (κ1) is 102. The predicted molar refractivity (Wildman–Crippen MR) is 419 cm³/mol. The summed E-state index contributed by atoms with van der Waals surface area (Å²) in [5, 5.41) is 12.9. The molecular formula is C77H127Cl2N3O31S. The van der Waals surface area contributed by atoms with E-state index in [2.05, 4.69) is 5.32 Å². The Bertz CT molecular complexity index is 2870. The Labute approximate surface area is 682 Å². The molecule has 37 heteroatoms. The van der Waals surface area contributed by atoms with E-state index in [4.69, 9.17) is 152 Å². The SMILES string of the molecule is COc1cc(COCCOCCOCCOCCOCCOCCOCCOCCOCCOCCOCCOCCOCCOCCOCCOCCOCCOCCOCCOCCOCCOCCOCCOCCN)cc(OC)c1-c1ccc(C[C@H](NC(=O)[C@@H]2CCCN2S(=O)(=O)c2cc(Cl)cc(Cl)c2)C(=O)O)cc1. The average Bonchev–Trinajstić information content (AvgIpc) is 1.42. The van der Waals surface area contributed by atoms with Crippen molar-refractivity contribution in [3.63, 3.8) is 0 Å². The van der Waals surface area contributed by atoms with E-state index in [0.29, 0.717) is 346 Å². The van der Waals surface area contributed by atoms with Crippen molar-refractivity contribution in [1.29, 1.82) is 0 Å². The number of carboxylic acids is 1. The Morgan fingerprint density at radius 1 is 0.404 bits per heavy atom. The van der Waals surface area contributed by atoms with Crippen molar-refractivity contribution in [2.24, 2.45) is 5.73 Å². The molecule has 0 radical (unpaired) electrons. The Morgan fingerprint density at radius 2 is 0.667 bits per heavy atom. The molecule has 0 unspecified atom stereocenters. The maximum absolute atomic E-state index is 13.5. The number of ether oxygens (including phenoxy) is 26.